The summed E-state index contributed by atoms with van der Waals surface area (Å²) in [5, 5.41) is 3.09. The van der Waals surface area contributed by atoms with Crippen LogP contribution in [0.3, 0.4) is 0 Å². The van der Waals surface area contributed by atoms with Crippen molar-refractivity contribution in [2.45, 2.75) is 6.92 Å². The molecule has 2 amide bonds. The van der Waals surface area contributed by atoms with Crippen molar-refractivity contribution >= 4 is 44.7 Å². The zero-order valence-electron chi connectivity index (χ0n) is 15.4. The summed E-state index contributed by atoms with van der Waals surface area (Å²) in [5.41, 5.74) is 2.81. The molecule has 0 aliphatic carbocycles. The average molecular weight is 451 g/mol. The highest BCUT2D eigenvalue weighted by Crippen LogP contribution is 2.35. The Morgan fingerprint density at radius 3 is 2.31 bits per heavy atom. The first-order valence-electron chi connectivity index (χ1n) is 8.93. The quantitative estimate of drug-likeness (QED) is 0.549. The molecular formula is C23H16BrFN2O2. The molecule has 4 nitrogen and oxygen atoms in total. The minimum absolute atomic E-state index is 0.156. The van der Waals surface area contributed by atoms with Crippen molar-refractivity contribution in [3.05, 3.63) is 99.9 Å². The molecule has 0 unspecified atom stereocenters. The van der Waals surface area contributed by atoms with Crippen molar-refractivity contribution in [3.8, 4) is 0 Å². The van der Waals surface area contributed by atoms with Gasteiger partial charge in [-0.25, -0.2) is 9.29 Å². The smallest absolute Gasteiger partial charge is 0.282 e. The van der Waals surface area contributed by atoms with E-state index >= 15 is 0 Å². The number of hydrogen-bond donors (Lipinski definition) is 1. The summed E-state index contributed by atoms with van der Waals surface area (Å²) in [5.74, 6) is -1.32. The van der Waals surface area contributed by atoms with Gasteiger partial charge in [0.05, 0.1) is 11.3 Å². The largest absolute Gasteiger partial charge is 0.350 e. The minimum Gasteiger partial charge on any atom is -0.350 e. The van der Waals surface area contributed by atoms with Gasteiger partial charge < -0.3 is 5.32 Å². The molecule has 1 heterocycles. The van der Waals surface area contributed by atoms with E-state index in [4.69, 9.17) is 0 Å². The van der Waals surface area contributed by atoms with E-state index in [2.05, 4.69) is 21.2 Å². The van der Waals surface area contributed by atoms with Crippen molar-refractivity contribution in [1.29, 1.82) is 0 Å². The summed E-state index contributed by atoms with van der Waals surface area (Å²) in [4.78, 5) is 27.8. The summed E-state index contributed by atoms with van der Waals surface area (Å²) in [7, 11) is 0. The second-order valence-electron chi connectivity index (χ2n) is 6.62. The summed E-state index contributed by atoms with van der Waals surface area (Å²) in [6.45, 7) is 1.84. The molecule has 3 aromatic carbocycles. The molecule has 1 N–H and O–H groups in total. The molecule has 29 heavy (non-hydrogen) atoms. The number of benzene rings is 3. The lowest BCUT2D eigenvalue weighted by atomic mass is 10.0. The number of carbonyl (C=O) groups excluding carboxylic acids is 2. The second-order valence-corrected chi connectivity index (χ2v) is 7.54. The number of rotatable bonds is 4. The number of halogens is 2. The topological polar surface area (TPSA) is 49.4 Å². The predicted octanol–water partition coefficient (Wildman–Crippen LogP) is 5.29. The molecule has 0 radical (unpaired) electrons. The number of anilines is 2. The van der Waals surface area contributed by atoms with Gasteiger partial charge in [-0.1, -0.05) is 52.3 Å². The standard InChI is InChI=1S/C23H16BrFN2O2/c1-14-5-2-3-8-19(14)27-22(28)20(15-9-11-17(25)12-10-15)21(23(27)29)26-18-7-4-6-16(24)13-18/h2-13,26H,1H3. The van der Waals surface area contributed by atoms with Gasteiger partial charge in [0.2, 0.25) is 0 Å². The lowest BCUT2D eigenvalue weighted by molar-refractivity contribution is -0.120. The predicted molar refractivity (Wildman–Crippen MR) is 115 cm³/mol. The number of nitrogens with one attached hydrogen (secondary N) is 1. The van der Waals surface area contributed by atoms with E-state index in [1.54, 1.807) is 18.2 Å². The monoisotopic (exact) mass is 450 g/mol. The Kier molecular flexibility index (Phi) is 5.03. The van der Waals surface area contributed by atoms with Crippen LogP contribution in [-0.2, 0) is 9.59 Å². The Labute approximate surface area is 175 Å². The summed E-state index contributed by atoms with van der Waals surface area (Å²) in [6.07, 6.45) is 0. The van der Waals surface area contributed by atoms with Gasteiger partial charge in [-0.2, -0.15) is 0 Å². The molecule has 1 aliphatic heterocycles. The fourth-order valence-electron chi connectivity index (χ4n) is 3.27. The number of hydrogen-bond acceptors (Lipinski definition) is 3. The van der Waals surface area contributed by atoms with E-state index in [0.29, 0.717) is 16.9 Å². The maximum absolute atomic E-state index is 13.4. The van der Waals surface area contributed by atoms with E-state index in [-0.39, 0.29) is 11.3 Å². The van der Waals surface area contributed by atoms with Crippen molar-refractivity contribution in [2.24, 2.45) is 0 Å². The third kappa shape index (κ3) is 3.59. The van der Waals surface area contributed by atoms with E-state index in [1.807, 2.05) is 37.3 Å². The first-order chi connectivity index (χ1) is 14.0. The molecule has 144 valence electrons. The first-order valence-corrected chi connectivity index (χ1v) is 9.72. The maximum Gasteiger partial charge on any atom is 0.282 e. The van der Waals surface area contributed by atoms with Crippen LogP contribution in [0.25, 0.3) is 5.57 Å². The number of aryl methyl sites for hydroxylation is 1. The van der Waals surface area contributed by atoms with Crippen LogP contribution in [-0.4, -0.2) is 11.8 Å². The van der Waals surface area contributed by atoms with Crippen LogP contribution < -0.4 is 10.2 Å². The molecular weight excluding hydrogens is 435 g/mol. The zero-order chi connectivity index (χ0) is 20.5. The van der Waals surface area contributed by atoms with E-state index in [9.17, 15) is 14.0 Å². The van der Waals surface area contributed by atoms with Gasteiger partial charge in [-0.05, 0) is 54.4 Å². The van der Waals surface area contributed by atoms with Crippen LogP contribution in [0.5, 0.6) is 0 Å². The van der Waals surface area contributed by atoms with E-state index < -0.39 is 17.6 Å². The fourth-order valence-corrected chi connectivity index (χ4v) is 3.67. The highest BCUT2D eigenvalue weighted by molar-refractivity contribution is 9.10. The Hall–Kier alpha value is -3.25. The Morgan fingerprint density at radius 2 is 1.62 bits per heavy atom. The number of carbonyl (C=O) groups is 2. The van der Waals surface area contributed by atoms with Crippen LogP contribution in [0.2, 0.25) is 0 Å². The summed E-state index contributed by atoms with van der Waals surface area (Å²) < 4.78 is 14.3. The minimum atomic E-state index is -0.455. The lowest BCUT2D eigenvalue weighted by Crippen LogP contribution is -2.33. The van der Waals surface area contributed by atoms with Gasteiger partial charge in [0.25, 0.3) is 11.8 Å². The maximum atomic E-state index is 13.4. The molecule has 0 saturated carbocycles. The Balaban J connectivity index is 1.85. The van der Waals surface area contributed by atoms with Crippen LogP contribution in [0, 0.1) is 12.7 Å². The Bertz CT molecular complexity index is 1160. The van der Waals surface area contributed by atoms with Crippen molar-refractivity contribution in [3.63, 3.8) is 0 Å². The summed E-state index contributed by atoms with van der Waals surface area (Å²) >= 11 is 3.40. The van der Waals surface area contributed by atoms with Crippen molar-refractivity contribution in [1.82, 2.24) is 0 Å². The number of para-hydroxylation sites is 1. The third-order valence-electron chi connectivity index (χ3n) is 4.67. The van der Waals surface area contributed by atoms with Gasteiger partial charge in [-0.15, -0.1) is 0 Å². The number of nitrogens with zero attached hydrogens (tertiary/aromatic N) is 1. The molecule has 0 fully saturated rings. The fraction of sp³-hybridized carbons (Fsp3) is 0.0435. The van der Waals surface area contributed by atoms with Crippen LogP contribution in [0.1, 0.15) is 11.1 Å². The average Bonchev–Trinajstić information content (AvgIpc) is 2.93. The third-order valence-corrected chi connectivity index (χ3v) is 5.16. The van der Waals surface area contributed by atoms with Gasteiger partial charge in [0, 0.05) is 10.2 Å². The van der Waals surface area contributed by atoms with Crippen molar-refractivity contribution in [2.75, 3.05) is 10.2 Å². The van der Waals surface area contributed by atoms with Gasteiger partial charge in [0.15, 0.2) is 0 Å². The van der Waals surface area contributed by atoms with Crippen LogP contribution in [0.15, 0.2) is 83.0 Å². The number of amides is 2. The molecule has 4 rings (SSSR count). The highest BCUT2D eigenvalue weighted by Gasteiger charge is 2.40. The second kappa shape index (κ2) is 7.64. The molecule has 6 heteroatoms. The van der Waals surface area contributed by atoms with E-state index in [0.717, 1.165) is 14.9 Å². The number of imide groups is 1. The van der Waals surface area contributed by atoms with Gasteiger partial charge >= 0.3 is 0 Å². The molecule has 1 aliphatic rings. The molecule has 0 bridgehead atoms. The SMILES string of the molecule is Cc1ccccc1N1C(=O)C(Nc2cccc(Br)c2)=C(c2ccc(F)cc2)C1=O. The lowest BCUT2D eigenvalue weighted by Gasteiger charge is -2.17. The molecule has 0 spiro atoms. The molecule has 3 aromatic rings. The highest BCUT2D eigenvalue weighted by atomic mass is 79.9. The normalized spacial score (nSPS) is 14.0. The first kappa shape index (κ1) is 19.1. The molecule has 0 saturated heterocycles. The molecule has 0 atom stereocenters. The zero-order valence-corrected chi connectivity index (χ0v) is 17.0. The van der Waals surface area contributed by atoms with E-state index in [1.165, 1.54) is 24.3 Å². The van der Waals surface area contributed by atoms with Crippen LogP contribution in [0.4, 0.5) is 15.8 Å². The van der Waals surface area contributed by atoms with Crippen molar-refractivity contribution < 1.29 is 14.0 Å². The Morgan fingerprint density at radius 1 is 0.897 bits per heavy atom. The van der Waals surface area contributed by atoms with Crippen LogP contribution >= 0.6 is 15.9 Å². The molecule has 0 aromatic heterocycles. The van der Waals surface area contributed by atoms with Gasteiger partial charge in [0.1, 0.15) is 11.5 Å². The van der Waals surface area contributed by atoms with Gasteiger partial charge in [-0.3, -0.25) is 9.59 Å². The summed E-state index contributed by atoms with van der Waals surface area (Å²) in [6, 6.07) is 20.0.